The van der Waals surface area contributed by atoms with E-state index in [-0.39, 0.29) is 6.04 Å². The number of hydrogen-bond acceptors (Lipinski definition) is 3. The zero-order valence-electron chi connectivity index (χ0n) is 18.5. The number of benzene rings is 2. The van der Waals surface area contributed by atoms with Gasteiger partial charge in [-0.1, -0.05) is 77.1 Å². The van der Waals surface area contributed by atoms with Crippen LogP contribution >= 0.6 is 12.2 Å². The van der Waals surface area contributed by atoms with Gasteiger partial charge in [-0.2, -0.15) is 4.68 Å². The van der Waals surface area contributed by atoms with E-state index in [4.69, 9.17) is 12.2 Å². The predicted molar refractivity (Wildman–Crippen MR) is 123 cm³/mol. The highest BCUT2D eigenvalue weighted by Crippen LogP contribution is 2.36. The van der Waals surface area contributed by atoms with E-state index in [1.54, 1.807) is 0 Å². The van der Waals surface area contributed by atoms with E-state index >= 15 is 0 Å². The van der Waals surface area contributed by atoms with E-state index in [1.807, 2.05) is 9.36 Å². The standard InChI is InChI=1S/C24H32N4S/c1-15(2)21-13-20(18(7)19-11-9-8-10-12-19)14-22(16(3)4)23(21)28-24(29)27(17(5)6)25-26-28/h8-18H,1-7H3. The van der Waals surface area contributed by atoms with Crippen molar-refractivity contribution in [2.45, 2.75) is 72.3 Å². The first kappa shape index (κ1) is 21.4. The van der Waals surface area contributed by atoms with E-state index in [9.17, 15) is 0 Å². The molecule has 0 saturated heterocycles. The molecule has 0 amide bonds. The Kier molecular flexibility index (Phi) is 6.37. The van der Waals surface area contributed by atoms with E-state index in [0.29, 0.717) is 22.5 Å². The number of rotatable bonds is 6. The zero-order valence-corrected chi connectivity index (χ0v) is 19.4. The predicted octanol–water partition coefficient (Wildman–Crippen LogP) is 6.78. The van der Waals surface area contributed by atoms with Crippen molar-refractivity contribution >= 4 is 12.2 Å². The molecule has 3 rings (SSSR count). The highest BCUT2D eigenvalue weighted by atomic mass is 32.1. The summed E-state index contributed by atoms with van der Waals surface area (Å²) in [6.07, 6.45) is 0. The topological polar surface area (TPSA) is 35.6 Å². The monoisotopic (exact) mass is 408 g/mol. The first-order chi connectivity index (χ1) is 13.7. The first-order valence-corrected chi connectivity index (χ1v) is 10.9. The number of tetrazole rings is 1. The van der Waals surface area contributed by atoms with Crippen LogP contribution in [-0.2, 0) is 0 Å². The summed E-state index contributed by atoms with van der Waals surface area (Å²) in [6.45, 7) is 15.4. The summed E-state index contributed by atoms with van der Waals surface area (Å²) in [4.78, 5) is 0. The van der Waals surface area contributed by atoms with Gasteiger partial charge in [0, 0.05) is 5.92 Å². The van der Waals surface area contributed by atoms with Crippen molar-refractivity contribution in [3.8, 4) is 5.69 Å². The molecule has 0 fully saturated rings. The fraction of sp³-hybridized carbons (Fsp3) is 0.458. The van der Waals surface area contributed by atoms with Crippen LogP contribution in [0.2, 0.25) is 0 Å². The highest BCUT2D eigenvalue weighted by Gasteiger charge is 2.22. The van der Waals surface area contributed by atoms with Gasteiger partial charge in [-0.3, -0.25) is 0 Å². The van der Waals surface area contributed by atoms with Crippen molar-refractivity contribution in [3.63, 3.8) is 0 Å². The maximum atomic E-state index is 5.74. The van der Waals surface area contributed by atoms with Crippen molar-refractivity contribution in [1.29, 1.82) is 0 Å². The highest BCUT2D eigenvalue weighted by molar-refractivity contribution is 7.71. The average Bonchev–Trinajstić information content (AvgIpc) is 3.08. The molecule has 1 atom stereocenters. The first-order valence-electron chi connectivity index (χ1n) is 10.5. The Hall–Kier alpha value is -2.27. The fourth-order valence-corrected chi connectivity index (χ4v) is 4.11. The van der Waals surface area contributed by atoms with Crippen LogP contribution in [0.15, 0.2) is 42.5 Å². The van der Waals surface area contributed by atoms with E-state index in [2.05, 4.69) is 101 Å². The lowest BCUT2D eigenvalue weighted by Gasteiger charge is -2.23. The number of nitrogens with zero attached hydrogens (tertiary/aromatic N) is 4. The molecule has 0 aliphatic rings. The fourth-order valence-electron chi connectivity index (χ4n) is 3.73. The Balaban J connectivity index is 2.25. The van der Waals surface area contributed by atoms with Crippen molar-refractivity contribution in [2.75, 3.05) is 0 Å². The summed E-state index contributed by atoms with van der Waals surface area (Å²) in [5.41, 5.74) is 6.28. The second kappa shape index (κ2) is 8.62. The molecule has 0 aliphatic carbocycles. The van der Waals surface area contributed by atoms with Crippen LogP contribution in [0.5, 0.6) is 0 Å². The Labute approximate surface area is 179 Å². The minimum Gasteiger partial charge on any atom is -0.216 e. The van der Waals surface area contributed by atoms with Crippen LogP contribution in [0.3, 0.4) is 0 Å². The number of hydrogen-bond donors (Lipinski definition) is 0. The minimum atomic E-state index is 0.179. The quantitative estimate of drug-likeness (QED) is 0.422. The normalized spacial score (nSPS) is 12.9. The molecule has 0 saturated carbocycles. The summed E-state index contributed by atoms with van der Waals surface area (Å²) < 4.78 is 4.31. The molecule has 2 aromatic carbocycles. The van der Waals surface area contributed by atoms with Crippen LogP contribution in [0, 0.1) is 4.77 Å². The third-order valence-electron chi connectivity index (χ3n) is 5.54. The molecule has 29 heavy (non-hydrogen) atoms. The average molecular weight is 409 g/mol. The molecule has 5 heteroatoms. The van der Waals surface area contributed by atoms with Crippen molar-refractivity contribution in [1.82, 2.24) is 19.8 Å². The van der Waals surface area contributed by atoms with Crippen molar-refractivity contribution in [2.24, 2.45) is 0 Å². The Morgan fingerprint density at radius 2 is 1.31 bits per heavy atom. The van der Waals surface area contributed by atoms with Gasteiger partial charge in [0.1, 0.15) is 0 Å². The SMILES string of the molecule is CC(C)c1cc(C(C)c2ccccc2)cc(C(C)C)c1-n1nnn(C(C)C)c1=S. The van der Waals surface area contributed by atoms with E-state index in [1.165, 1.54) is 22.3 Å². The number of aromatic nitrogens is 4. The van der Waals surface area contributed by atoms with Crippen molar-refractivity contribution < 1.29 is 0 Å². The van der Waals surface area contributed by atoms with Crippen molar-refractivity contribution in [3.05, 3.63) is 69.5 Å². The Morgan fingerprint density at radius 3 is 1.76 bits per heavy atom. The van der Waals surface area contributed by atoms with Crippen LogP contribution in [0.25, 0.3) is 5.69 Å². The Bertz CT molecular complexity index is 1000. The van der Waals surface area contributed by atoms with Gasteiger partial charge in [-0.25, -0.2) is 4.68 Å². The van der Waals surface area contributed by atoms with Gasteiger partial charge < -0.3 is 0 Å². The van der Waals surface area contributed by atoms with Gasteiger partial charge in [0.2, 0.25) is 4.77 Å². The van der Waals surface area contributed by atoms with E-state index in [0.717, 1.165) is 5.69 Å². The van der Waals surface area contributed by atoms with Crippen LogP contribution < -0.4 is 0 Å². The molecule has 0 aliphatic heterocycles. The molecule has 0 radical (unpaired) electrons. The van der Waals surface area contributed by atoms with Gasteiger partial charge in [0.25, 0.3) is 0 Å². The van der Waals surface area contributed by atoms with Crippen LogP contribution in [0.1, 0.15) is 94.5 Å². The van der Waals surface area contributed by atoms with Gasteiger partial charge in [0.05, 0.1) is 11.7 Å². The van der Waals surface area contributed by atoms with E-state index < -0.39 is 0 Å². The molecule has 0 N–H and O–H groups in total. The Morgan fingerprint density at radius 1 is 0.759 bits per heavy atom. The lowest BCUT2D eigenvalue weighted by atomic mass is 9.85. The molecule has 0 bridgehead atoms. The van der Waals surface area contributed by atoms with Gasteiger partial charge in [0.15, 0.2) is 0 Å². The molecule has 1 heterocycles. The third-order valence-corrected chi connectivity index (χ3v) is 5.90. The van der Waals surface area contributed by atoms with Gasteiger partial charge in [-0.15, -0.1) is 0 Å². The summed E-state index contributed by atoms with van der Waals surface area (Å²) in [6, 6.07) is 15.5. The molecule has 4 nitrogen and oxygen atoms in total. The summed E-state index contributed by atoms with van der Waals surface area (Å²) in [7, 11) is 0. The molecule has 1 unspecified atom stereocenters. The largest absolute Gasteiger partial charge is 0.220 e. The maximum absolute atomic E-state index is 5.74. The zero-order chi connectivity index (χ0) is 21.3. The summed E-state index contributed by atoms with van der Waals surface area (Å²) >= 11 is 5.74. The summed E-state index contributed by atoms with van der Waals surface area (Å²) in [5.74, 6) is 1.01. The smallest absolute Gasteiger partial charge is 0.216 e. The summed E-state index contributed by atoms with van der Waals surface area (Å²) in [5, 5.41) is 8.77. The van der Waals surface area contributed by atoms with Gasteiger partial charge in [-0.05, 0) is 70.6 Å². The lowest BCUT2D eigenvalue weighted by Crippen LogP contribution is -2.12. The van der Waals surface area contributed by atoms with Gasteiger partial charge >= 0.3 is 0 Å². The second-order valence-corrected chi connectivity index (χ2v) is 9.07. The minimum absolute atomic E-state index is 0.179. The van der Waals surface area contributed by atoms with Crippen LogP contribution in [0.4, 0.5) is 0 Å². The molecule has 0 spiro atoms. The van der Waals surface area contributed by atoms with Crippen LogP contribution in [-0.4, -0.2) is 19.8 Å². The molecule has 154 valence electrons. The second-order valence-electron chi connectivity index (χ2n) is 8.70. The lowest BCUT2D eigenvalue weighted by molar-refractivity contribution is 0.508. The molecular formula is C24H32N4S. The molecular weight excluding hydrogens is 376 g/mol. The molecule has 1 aromatic heterocycles. The maximum Gasteiger partial charge on any atom is 0.220 e. The third kappa shape index (κ3) is 4.20. The molecule has 3 aromatic rings.